The number of hydrogen-bond donors (Lipinski definition) is 2. The Hall–Kier alpha value is -4.49. The van der Waals surface area contributed by atoms with E-state index < -0.39 is 23.6 Å². The van der Waals surface area contributed by atoms with Gasteiger partial charge in [0.2, 0.25) is 0 Å². The summed E-state index contributed by atoms with van der Waals surface area (Å²) in [4.78, 5) is 12.5. The van der Waals surface area contributed by atoms with Crippen molar-refractivity contribution < 1.29 is 22.7 Å². The molecule has 0 heterocycles. The van der Waals surface area contributed by atoms with Crippen molar-refractivity contribution in [3.8, 4) is 24.0 Å². The Bertz CT molecular complexity index is 1060. The maximum Gasteiger partial charge on any atom is 0.573 e. The van der Waals surface area contributed by atoms with E-state index in [1.54, 1.807) is 30.3 Å². The van der Waals surface area contributed by atoms with Crippen LogP contribution >= 0.6 is 0 Å². The fraction of sp³-hybridized carbons (Fsp3) is 0.0526. The normalized spacial score (nSPS) is 9.93. The number of nitrogens with zero attached hydrogens (tertiary/aromatic N) is 3. The Morgan fingerprint density at radius 3 is 2.07 bits per heavy atom. The van der Waals surface area contributed by atoms with Gasteiger partial charge in [0.05, 0.1) is 11.3 Å². The second-order valence-electron chi connectivity index (χ2n) is 5.28. The van der Waals surface area contributed by atoms with Gasteiger partial charge in [0.1, 0.15) is 29.7 Å². The van der Waals surface area contributed by atoms with E-state index in [-0.39, 0.29) is 22.6 Å². The molecule has 2 aromatic rings. The average Bonchev–Trinajstić information content (AvgIpc) is 2.68. The third-order valence-electron chi connectivity index (χ3n) is 3.36. The van der Waals surface area contributed by atoms with Crippen LogP contribution in [0.1, 0.15) is 10.4 Å². The fourth-order valence-corrected chi connectivity index (χ4v) is 2.15. The molecular formula is C19H10F3N5O2. The highest BCUT2D eigenvalue weighted by molar-refractivity contribution is 6.08. The van der Waals surface area contributed by atoms with E-state index in [1.807, 2.05) is 0 Å². The molecule has 0 bridgehead atoms. The molecule has 0 aliphatic heterocycles. The third-order valence-corrected chi connectivity index (χ3v) is 3.36. The molecule has 0 radical (unpaired) electrons. The molecule has 0 aliphatic carbocycles. The van der Waals surface area contributed by atoms with E-state index in [0.29, 0.717) is 0 Å². The molecule has 0 aromatic heterocycles. The number of nitrogens with one attached hydrogen (secondary N) is 2. The molecule has 2 aromatic carbocycles. The van der Waals surface area contributed by atoms with Gasteiger partial charge in [0.25, 0.3) is 5.91 Å². The second kappa shape index (κ2) is 8.94. The Morgan fingerprint density at radius 2 is 1.52 bits per heavy atom. The number of ether oxygens (including phenoxy) is 1. The zero-order valence-corrected chi connectivity index (χ0v) is 14.4. The molecule has 0 spiro atoms. The van der Waals surface area contributed by atoms with Gasteiger partial charge < -0.3 is 15.4 Å². The first-order valence-electron chi connectivity index (χ1n) is 7.75. The van der Waals surface area contributed by atoms with Crippen molar-refractivity contribution in [1.29, 1.82) is 15.8 Å². The summed E-state index contributed by atoms with van der Waals surface area (Å²) in [5.41, 5.74) is -0.357. The van der Waals surface area contributed by atoms with Crippen molar-refractivity contribution in [1.82, 2.24) is 0 Å². The molecule has 10 heteroatoms. The van der Waals surface area contributed by atoms with Gasteiger partial charge in [-0.25, -0.2) is 0 Å². The van der Waals surface area contributed by atoms with E-state index in [2.05, 4.69) is 15.4 Å². The van der Waals surface area contributed by atoms with Gasteiger partial charge >= 0.3 is 6.36 Å². The molecule has 0 atom stereocenters. The minimum Gasteiger partial charge on any atom is -0.406 e. The quantitative estimate of drug-likeness (QED) is 0.734. The molecule has 0 saturated carbocycles. The molecule has 1 amide bonds. The van der Waals surface area contributed by atoms with Crippen molar-refractivity contribution in [2.75, 3.05) is 10.6 Å². The number of halogens is 3. The van der Waals surface area contributed by atoms with Gasteiger partial charge in [-0.15, -0.1) is 13.2 Å². The van der Waals surface area contributed by atoms with Crippen LogP contribution in [0.3, 0.4) is 0 Å². The van der Waals surface area contributed by atoms with Crippen LogP contribution in [0, 0.1) is 34.0 Å². The van der Waals surface area contributed by atoms with Gasteiger partial charge in [0, 0.05) is 5.69 Å². The lowest BCUT2D eigenvalue weighted by molar-refractivity contribution is -0.274. The molecule has 2 rings (SSSR count). The Morgan fingerprint density at radius 1 is 0.897 bits per heavy atom. The highest BCUT2D eigenvalue weighted by Crippen LogP contribution is 2.25. The summed E-state index contributed by atoms with van der Waals surface area (Å²) in [6, 6.07) is 15.3. The van der Waals surface area contributed by atoms with Crippen LogP contribution in [0.2, 0.25) is 0 Å². The van der Waals surface area contributed by atoms with Crippen LogP contribution in [0.15, 0.2) is 59.8 Å². The Balaban J connectivity index is 2.23. The van der Waals surface area contributed by atoms with Crippen LogP contribution in [0.4, 0.5) is 24.5 Å². The zero-order valence-electron chi connectivity index (χ0n) is 14.4. The minimum atomic E-state index is -4.83. The number of rotatable bonds is 5. The van der Waals surface area contributed by atoms with E-state index >= 15 is 0 Å². The lowest BCUT2D eigenvalue weighted by atomic mass is 10.1. The maximum atomic E-state index is 12.5. The molecule has 144 valence electrons. The summed E-state index contributed by atoms with van der Waals surface area (Å²) in [7, 11) is 0. The lowest BCUT2D eigenvalue weighted by Crippen LogP contribution is -2.17. The topological polar surface area (TPSA) is 122 Å². The van der Waals surface area contributed by atoms with Crippen LogP contribution < -0.4 is 15.4 Å². The predicted octanol–water partition coefficient (Wildman–Crippen LogP) is 4.07. The molecule has 0 unspecified atom stereocenters. The molecule has 2 N–H and O–H groups in total. The number of carbonyl (C=O) groups is 1. The number of benzene rings is 2. The molecule has 0 fully saturated rings. The van der Waals surface area contributed by atoms with Gasteiger partial charge in [-0.2, -0.15) is 15.8 Å². The highest BCUT2D eigenvalue weighted by Gasteiger charge is 2.31. The first-order chi connectivity index (χ1) is 13.8. The van der Waals surface area contributed by atoms with Gasteiger partial charge in [-0.05, 0) is 36.4 Å². The Kier molecular flexibility index (Phi) is 6.42. The summed E-state index contributed by atoms with van der Waals surface area (Å²) in [5.74, 6) is -1.08. The number of anilines is 2. The van der Waals surface area contributed by atoms with E-state index in [0.717, 1.165) is 12.1 Å². The van der Waals surface area contributed by atoms with E-state index in [9.17, 15) is 18.0 Å². The highest BCUT2D eigenvalue weighted by atomic mass is 19.4. The van der Waals surface area contributed by atoms with Crippen molar-refractivity contribution in [2.24, 2.45) is 0 Å². The largest absolute Gasteiger partial charge is 0.573 e. The molecule has 7 nitrogen and oxygen atoms in total. The van der Waals surface area contributed by atoms with Crippen LogP contribution in [-0.2, 0) is 0 Å². The number of nitriles is 3. The predicted molar refractivity (Wildman–Crippen MR) is 95.0 cm³/mol. The first kappa shape index (κ1) is 20.8. The Labute approximate surface area is 162 Å². The third kappa shape index (κ3) is 5.75. The van der Waals surface area contributed by atoms with Crippen molar-refractivity contribution >= 4 is 17.3 Å². The number of allylic oxidation sites excluding steroid dienone is 2. The lowest BCUT2D eigenvalue weighted by Gasteiger charge is -2.12. The van der Waals surface area contributed by atoms with E-state index in [4.69, 9.17) is 15.8 Å². The molecule has 0 aliphatic rings. The van der Waals surface area contributed by atoms with Crippen molar-refractivity contribution in [3.05, 3.63) is 65.4 Å². The second-order valence-corrected chi connectivity index (χ2v) is 5.28. The summed E-state index contributed by atoms with van der Waals surface area (Å²) < 4.78 is 40.3. The number of carbonyl (C=O) groups excluding carboxylic acids is 1. The average molecular weight is 397 g/mol. The fourth-order valence-electron chi connectivity index (χ4n) is 2.15. The summed E-state index contributed by atoms with van der Waals surface area (Å²) in [5, 5.41) is 32.0. The van der Waals surface area contributed by atoms with Crippen LogP contribution in [-0.4, -0.2) is 12.3 Å². The van der Waals surface area contributed by atoms with Crippen LogP contribution in [0.25, 0.3) is 0 Å². The smallest absolute Gasteiger partial charge is 0.406 e. The number of hydrogen-bond acceptors (Lipinski definition) is 6. The molecular weight excluding hydrogens is 387 g/mol. The van der Waals surface area contributed by atoms with Crippen molar-refractivity contribution in [3.63, 3.8) is 0 Å². The van der Waals surface area contributed by atoms with Crippen LogP contribution in [0.5, 0.6) is 5.75 Å². The molecule has 0 saturated heterocycles. The van der Waals surface area contributed by atoms with Gasteiger partial charge in [0.15, 0.2) is 5.57 Å². The number of alkyl halides is 3. The SMILES string of the molecule is N#CC(C#N)=C(C#N)Nc1ccccc1C(=O)Nc1ccc(OC(F)(F)F)cc1. The monoisotopic (exact) mass is 397 g/mol. The summed E-state index contributed by atoms with van der Waals surface area (Å²) in [6.45, 7) is 0. The maximum absolute atomic E-state index is 12.5. The van der Waals surface area contributed by atoms with E-state index in [1.165, 1.54) is 24.3 Å². The number of amides is 1. The zero-order chi connectivity index (χ0) is 21.4. The van der Waals surface area contributed by atoms with Crippen molar-refractivity contribution in [2.45, 2.75) is 6.36 Å². The summed E-state index contributed by atoms with van der Waals surface area (Å²) >= 11 is 0. The standard InChI is InChI=1S/C19H10F3N5O2/c20-19(21,22)29-14-7-5-13(6-8-14)26-18(28)15-3-1-2-4-16(15)27-17(11-25)12(9-23)10-24/h1-8,27H,(H,26,28). The van der Waals surface area contributed by atoms with Gasteiger partial charge in [-0.1, -0.05) is 12.1 Å². The van der Waals surface area contributed by atoms with Gasteiger partial charge in [-0.3, -0.25) is 4.79 Å². The summed E-state index contributed by atoms with van der Waals surface area (Å²) in [6.07, 6.45) is -4.83. The minimum absolute atomic E-state index is 0.0751. The molecule has 29 heavy (non-hydrogen) atoms. The first-order valence-corrected chi connectivity index (χ1v) is 7.75. The number of para-hydroxylation sites is 1.